The Morgan fingerprint density at radius 2 is 2.08 bits per heavy atom. The first-order valence-electron chi connectivity index (χ1n) is 9.13. The number of rotatable bonds is 1. The molecule has 2 saturated carbocycles. The van der Waals surface area contributed by atoms with Gasteiger partial charge in [0, 0.05) is 44.1 Å². The lowest BCUT2D eigenvalue weighted by atomic mass is 9.46. The van der Waals surface area contributed by atoms with E-state index < -0.39 is 14.6 Å². The first-order chi connectivity index (χ1) is 11.3. The largest absolute Gasteiger partial charge is 0.377 e. The van der Waals surface area contributed by atoms with Crippen molar-refractivity contribution in [1.29, 1.82) is 0 Å². The number of sulfone groups is 1. The SMILES string of the molecule is CN=C(NC1C2CCOC2C12CCC2)N1CCS(=O)(=O)C(C)(C)C1. The lowest BCUT2D eigenvalue weighted by Crippen LogP contribution is -2.73. The summed E-state index contributed by atoms with van der Waals surface area (Å²) in [5, 5.41) is 3.70. The van der Waals surface area contributed by atoms with Crippen molar-refractivity contribution in [1.82, 2.24) is 10.2 Å². The van der Waals surface area contributed by atoms with Gasteiger partial charge in [0.1, 0.15) is 0 Å². The highest BCUT2D eigenvalue weighted by atomic mass is 32.2. The first kappa shape index (κ1) is 16.6. The quantitative estimate of drug-likeness (QED) is 0.562. The van der Waals surface area contributed by atoms with E-state index in [0.29, 0.717) is 36.6 Å². The first-order valence-corrected chi connectivity index (χ1v) is 10.8. The number of ether oxygens (including phenoxy) is 1. The van der Waals surface area contributed by atoms with Gasteiger partial charge >= 0.3 is 0 Å². The molecule has 4 fully saturated rings. The standard InChI is InChI=1S/C17H29N3O3S/c1-16(2)11-20(8-10-24(16,21)22)15(18-3)19-13-12-5-9-23-14(12)17(13)6-4-7-17/h12-14H,4-11H2,1-3H3,(H,18,19). The third kappa shape index (κ3) is 2.16. The van der Waals surface area contributed by atoms with E-state index >= 15 is 0 Å². The highest BCUT2D eigenvalue weighted by Crippen LogP contribution is 2.62. The summed E-state index contributed by atoms with van der Waals surface area (Å²) in [4.78, 5) is 6.60. The maximum atomic E-state index is 12.3. The van der Waals surface area contributed by atoms with Gasteiger partial charge in [0.05, 0.1) is 16.6 Å². The van der Waals surface area contributed by atoms with Crippen molar-refractivity contribution in [2.45, 2.75) is 56.4 Å². The van der Waals surface area contributed by atoms with Gasteiger partial charge in [-0.2, -0.15) is 0 Å². The van der Waals surface area contributed by atoms with Gasteiger partial charge in [0.2, 0.25) is 0 Å². The number of hydrogen-bond donors (Lipinski definition) is 1. The lowest BCUT2D eigenvalue weighted by molar-refractivity contribution is -0.171. The number of guanidine groups is 1. The van der Waals surface area contributed by atoms with Crippen LogP contribution in [-0.4, -0.2) is 68.7 Å². The molecule has 0 aromatic rings. The molecule has 0 bridgehead atoms. The molecule has 3 unspecified atom stereocenters. The van der Waals surface area contributed by atoms with Crippen LogP contribution in [0.3, 0.4) is 0 Å². The summed E-state index contributed by atoms with van der Waals surface area (Å²) in [6.45, 7) is 5.54. The van der Waals surface area contributed by atoms with Gasteiger partial charge in [-0.1, -0.05) is 6.42 Å². The number of nitrogens with one attached hydrogen (secondary N) is 1. The Labute approximate surface area is 144 Å². The molecule has 2 aliphatic carbocycles. The highest BCUT2D eigenvalue weighted by molar-refractivity contribution is 7.92. The van der Waals surface area contributed by atoms with E-state index in [2.05, 4.69) is 15.2 Å². The fourth-order valence-corrected chi connectivity index (χ4v) is 6.58. The molecule has 6 nitrogen and oxygen atoms in total. The van der Waals surface area contributed by atoms with Crippen LogP contribution in [-0.2, 0) is 14.6 Å². The molecular weight excluding hydrogens is 326 g/mol. The molecule has 136 valence electrons. The summed E-state index contributed by atoms with van der Waals surface area (Å²) in [7, 11) is -1.23. The van der Waals surface area contributed by atoms with Gasteiger partial charge in [-0.05, 0) is 33.1 Å². The van der Waals surface area contributed by atoms with E-state index in [1.165, 1.54) is 19.3 Å². The summed E-state index contributed by atoms with van der Waals surface area (Å²) in [5.74, 6) is 1.65. The van der Waals surface area contributed by atoms with Gasteiger partial charge in [0.15, 0.2) is 15.8 Å². The number of fused-ring (bicyclic) bond motifs is 2. The van der Waals surface area contributed by atoms with Gasteiger partial charge in [0.25, 0.3) is 0 Å². The van der Waals surface area contributed by atoms with Crippen molar-refractivity contribution in [3.8, 4) is 0 Å². The van der Waals surface area contributed by atoms with Gasteiger partial charge in [-0.3, -0.25) is 4.99 Å². The van der Waals surface area contributed by atoms with Crippen molar-refractivity contribution >= 4 is 15.8 Å². The maximum Gasteiger partial charge on any atom is 0.193 e. The van der Waals surface area contributed by atoms with Crippen LogP contribution in [0.5, 0.6) is 0 Å². The molecule has 0 radical (unpaired) electrons. The van der Waals surface area contributed by atoms with Crippen molar-refractivity contribution < 1.29 is 13.2 Å². The molecule has 2 saturated heterocycles. The summed E-state index contributed by atoms with van der Waals surface area (Å²) in [6, 6.07) is 0.430. The minimum absolute atomic E-state index is 0.200. The summed E-state index contributed by atoms with van der Waals surface area (Å²) in [6.07, 6.45) is 5.32. The molecule has 2 heterocycles. The zero-order valence-electron chi connectivity index (χ0n) is 14.9. The minimum Gasteiger partial charge on any atom is -0.377 e. The topological polar surface area (TPSA) is 71.0 Å². The van der Waals surface area contributed by atoms with Crippen molar-refractivity contribution in [3.05, 3.63) is 0 Å². The molecular formula is C17H29N3O3S. The van der Waals surface area contributed by atoms with E-state index in [0.717, 1.165) is 19.0 Å². The summed E-state index contributed by atoms with van der Waals surface area (Å²) in [5.41, 5.74) is 0.300. The summed E-state index contributed by atoms with van der Waals surface area (Å²) < 4.78 is 29.8. The van der Waals surface area contributed by atoms with Gasteiger partial charge in [-0.25, -0.2) is 8.42 Å². The molecule has 1 spiro atoms. The smallest absolute Gasteiger partial charge is 0.193 e. The monoisotopic (exact) mass is 355 g/mol. The Hall–Kier alpha value is -0.820. The molecule has 7 heteroatoms. The second-order valence-electron chi connectivity index (χ2n) is 8.50. The van der Waals surface area contributed by atoms with E-state index in [1.807, 2.05) is 13.8 Å². The van der Waals surface area contributed by atoms with Crippen LogP contribution in [0.4, 0.5) is 0 Å². The second kappa shape index (κ2) is 5.34. The van der Waals surface area contributed by atoms with Crippen LogP contribution in [0.25, 0.3) is 0 Å². The molecule has 0 aromatic heterocycles. The molecule has 1 N–H and O–H groups in total. The number of nitrogens with zero attached hydrogens (tertiary/aromatic N) is 2. The normalized spacial score (nSPS) is 39.0. The Kier molecular flexibility index (Phi) is 3.70. The Morgan fingerprint density at radius 1 is 1.33 bits per heavy atom. The van der Waals surface area contributed by atoms with Crippen LogP contribution >= 0.6 is 0 Å². The van der Waals surface area contributed by atoms with E-state index in [-0.39, 0.29) is 5.75 Å². The van der Waals surface area contributed by atoms with Crippen LogP contribution in [0.1, 0.15) is 39.5 Å². The third-order valence-corrected chi connectivity index (χ3v) is 9.41. The molecule has 24 heavy (non-hydrogen) atoms. The third-order valence-electron chi connectivity index (χ3n) is 6.88. The van der Waals surface area contributed by atoms with Gasteiger partial charge in [-0.15, -0.1) is 0 Å². The fourth-order valence-electron chi connectivity index (χ4n) is 5.22. The molecule has 3 atom stereocenters. The van der Waals surface area contributed by atoms with Crippen LogP contribution in [0.15, 0.2) is 4.99 Å². The molecule has 4 rings (SSSR count). The Balaban J connectivity index is 1.49. The number of aliphatic imine (C=N–C) groups is 1. The Bertz CT molecular complexity index is 654. The molecule has 0 amide bonds. The van der Waals surface area contributed by atoms with Gasteiger partial charge < -0.3 is 15.0 Å². The van der Waals surface area contributed by atoms with Crippen molar-refractivity contribution in [2.75, 3.05) is 32.5 Å². The average Bonchev–Trinajstić information content (AvgIpc) is 2.87. The van der Waals surface area contributed by atoms with Crippen LogP contribution < -0.4 is 5.32 Å². The zero-order chi connectivity index (χ0) is 17.2. The molecule has 0 aromatic carbocycles. The predicted molar refractivity (Wildman–Crippen MR) is 93.9 cm³/mol. The van der Waals surface area contributed by atoms with Crippen molar-refractivity contribution in [2.24, 2.45) is 16.3 Å². The minimum atomic E-state index is -3.03. The second-order valence-corrected chi connectivity index (χ2v) is 11.2. The van der Waals surface area contributed by atoms with Crippen LogP contribution in [0, 0.1) is 11.3 Å². The summed E-state index contributed by atoms with van der Waals surface area (Å²) >= 11 is 0. The molecule has 4 aliphatic rings. The van der Waals surface area contributed by atoms with Crippen LogP contribution in [0.2, 0.25) is 0 Å². The number of hydrogen-bond acceptors (Lipinski definition) is 4. The van der Waals surface area contributed by atoms with E-state index in [4.69, 9.17) is 4.74 Å². The highest BCUT2D eigenvalue weighted by Gasteiger charge is 2.67. The van der Waals surface area contributed by atoms with E-state index in [1.54, 1.807) is 7.05 Å². The fraction of sp³-hybridized carbons (Fsp3) is 0.941. The Morgan fingerprint density at radius 3 is 2.67 bits per heavy atom. The van der Waals surface area contributed by atoms with E-state index in [9.17, 15) is 8.42 Å². The predicted octanol–water partition coefficient (Wildman–Crippen LogP) is 1.03. The van der Waals surface area contributed by atoms with Crippen molar-refractivity contribution in [3.63, 3.8) is 0 Å². The molecule has 2 aliphatic heterocycles. The zero-order valence-corrected chi connectivity index (χ0v) is 15.7. The lowest BCUT2D eigenvalue weighted by Gasteiger charge is -2.63. The average molecular weight is 356 g/mol. The maximum absolute atomic E-state index is 12.3.